The summed E-state index contributed by atoms with van der Waals surface area (Å²) in [5, 5.41) is 1.52. The van der Waals surface area contributed by atoms with Gasteiger partial charge in [-0.15, -0.1) is 0 Å². The second kappa shape index (κ2) is 3.61. The van der Waals surface area contributed by atoms with E-state index >= 15 is 0 Å². The smallest absolute Gasteiger partial charge is 0.155 e. The van der Waals surface area contributed by atoms with Crippen molar-refractivity contribution < 1.29 is 4.42 Å². The van der Waals surface area contributed by atoms with Crippen LogP contribution in [0.1, 0.15) is 0 Å². The van der Waals surface area contributed by atoms with Crippen LogP contribution in [0.25, 0.3) is 22.4 Å². The molecule has 1 aromatic carbocycles. The number of rotatable bonds is 1. The summed E-state index contributed by atoms with van der Waals surface area (Å²) >= 11 is 6.00. The first-order chi connectivity index (χ1) is 7.84. The van der Waals surface area contributed by atoms with Crippen LogP contribution in [0.15, 0.2) is 47.3 Å². The maximum Gasteiger partial charge on any atom is 0.155 e. The molecule has 0 aliphatic carbocycles. The minimum Gasteiger partial charge on any atom is -0.454 e. The summed E-state index contributed by atoms with van der Waals surface area (Å²) in [5.41, 5.74) is 1.44. The quantitative estimate of drug-likeness (QED) is 0.642. The molecule has 3 nitrogen and oxygen atoms in total. The summed E-state index contributed by atoms with van der Waals surface area (Å²) in [7, 11) is 0. The molecular weight excluding hydrogens is 224 g/mol. The first-order valence-electron chi connectivity index (χ1n) is 4.79. The van der Waals surface area contributed by atoms with Crippen LogP contribution >= 0.6 is 11.6 Å². The maximum atomic E-state index is 6.00. The van der Waals surface area contributed by atoms with E-state index in [-0.39, 0.29) is 0 Å². The molecule has 0 aliphatic heterocycles. The van der Waals surface area contributed by atoms with Crippen molar-refractivity contribution in [3.8, 4) is 11.5 Å². The Morgan fingerprint density at radius 1 is 1.19 bits per heavy atom. The zero-order valence-corrected chi connectivity index (χ0v) is 8.98. The minimum atomic E-state index is 0.488. The number of halogens is 1. The minimum absolute atomic E-state index is 0.488. The van der Waals surface area contributed by atoms with Crippen LogP contribution in [-0.2, 0) is 0 Å². The normalized spacial score (nSPS) is 10.8. The molecule has 78 valence electrons. The van der Waals surface area contributed by atoms with Crippen LogP contribution < -0.4 is 0 Å². The second-order valence-electron chi connectivity index (χ2n) is 3.37. The van der Waals surface area contributed by atoms with Crippen molar-refractivity contribution in [2.45, 2.75) is 0 Å². The van der Waals surface area contributed by atoms with Gasteiger partial charge >= 0.3 is 0 Å². The van der Waals surface area contributed by atoms with Gasteiger partial charge in [-0.2, -0.15) is 0 Å². The highest BCUT2D eigenvalue weighted by molar-refractivity contribution is 6.32. The summed E-state index contributed by atoms with van der Waals surface area (Å²) in [6.07, 6.45) is 3.01. The third-order valence-electron chi connectivity index (χ3n) is 2.33. The fraction of sp³-hybridized carbons (Fsp3) is 0. The standard InChI is InChI=1S/C12H7ClN2O/c13-9-6-14-7-15-12(9)11-5-8-3-1-2-4-10(8)16-11/h1-7H. The van der Waals surface area contributed by atoms with Crippen LogP contribution in [0, 0.1) is 0 Å². The predicted molar refractivity (Wildman–Crippen MR) is 62.3 cm³/mol. The van der Waals surface area contributed by atoms with Gasteiger partial charge in [-0.3, -0.25) is 0 Å². The number of fused-ring (bicyclic) bond motifs is 1. The molecule has 2 aromatic heterocycles. The average molecular weight is 231 g/mol. The Morgan fingerprint density at radius 3 is 2.88 bits per heavy atom. The van der Waals surface area contributed by atoms with E-state index in [4.69, 9.17) is 16.0 Å². The SMILES string of the molecule is Clc1cncnc1-c1cc2ccccc2o1. The number of furan rings is 1. The topological polar surface area (TPSA) is 38.9 Å². The van der Waals surface area contributed by atoms with E-state index < -0.39 is 0 Å². The van der Waals surface area contributed by atoms with Gasteiger partial charge in [0, 0.05) is 11.6 Å². The predicted octanol–water partition coefficient (Wildman–Crippen LogP) is 3.54. The zero-order valence-electron chi connectivity index (χ0n) is 8.22. The van der Waals surface area contributed by atoms with E-state index in [1.807, 2.05) is 30.3 Å². The van der Waals surface area contributed by atoms with Crippen molar-refractivity contribution >= 4 is 22.6 Å². The molecule has 0 N–H and O–H groups in total. The fourth-order valence-corrected chi connectivity index (χ4v) is 1.79. The van der Waals surface area contributed by atoms with Gasteiger partial charge in [0.2, 0.25) is 0 Å². The molecular formula is C12H7ClN2O. The molecule has 4 heteroatoms. The van der Waals surface area contributed by atoms with Crippen molar-refractivity contribution in [1.29, 1.82) is 0 Å². The number of benzene rings is 1. The van der Waals surface area contributed by atoms with Gasteiger partial charge in [0.05, 0.1) is 5.02 Å². The van der Waals surface area contributed by atoms with Crippen molar-refractivity contribution in [1.82, 2.24) is 9.97 Å². The fourth-order valence-electron chi connectivity index (χ4n) is 1.59. The third kappa shape index (κ3) is 1.46. The van der Waals surface area contributed by atoms with E-state index in [2.05, 4.69) is 9.97 Å². The van der Waals surface area contributed by atoms with E-state index in [9.17, 15) is 0 Å². The lowest BCUT2D eigenvalue weighted by atomic mass is 10.2. The number of hydrogen-bond donors (Lipinski definition) is 0. The molecule has 0 aliphatic rings. The zero-order chi connectivity index (χ0) is 11.0. The molecule has 0 saturated heterocycles. The number of hydrogen-bond acceptors (Lipinski definition) is 3. The second-order valence-corrected chi connectivity index (χ2v) is 3.77. The monoisotopic (exact) mass is 230 g/mol. The van der Waals surface area contributed by atoms with Gasteiger partial charge in [0.15, 0.2) is 5.76 Å². The number of nitrogens with zero attached hydrogens (tertiary/aromatic N) is 2. The molecule has 3 rings (SSSR count). The largest absolute Gasteiger partial charge is 0.454 e. The summed E-state index contributed by atoms with van der Waals surface area (Å²) in [6, 6.07) is 9.70. The van der Waals surface area contributed by atoms with Crippen LogP contribution in [0.4, 0.5) is 0 Å². The van der Waals surface area contributed by atoms with Crippen molar-refractivity contribution in [3.63, 3.8) is 0 Å². The molecule has 0 bridgehead atoms. The average Bonchev–Trinajstić information content (AvgIpc) is 2.73. The van der Waals surface area contributed by atoms with E-state index in [1.54, 1.807) is 6.20 Å². The van der Waals surface area contributed by atoms with Gasteiger partial charge in [-0.25, -0.2) is 9.97 Å². The van der Waals surface area contributed by atoms with E-state index in [0.29, 0.717) is 16.5 Å². The van der Waals surface area contributed by atoms with E-state index in [0.717, 1.165) is 11.0 Å². The van der Waals surface area contributed by atoms with Gasteiger partial charge in [0.25, 0.3) is 0 Å². The molecule has 3 aromatic rings. The Labute approximate surface area is 96.7 Å². The Kier molecular flexibility index (Phi) is 2.11. The van der Waals surface area contributed by atoms with E-state index in [1.165, 1.54) is 6.33 Å². The molecule has 0 spiro atoms. The van der Waals surface area contributed by atoms with Crippen LogP contribution in [0.2, 0.25) is 5.02 Å². The molecule has 0 fully saturated rings. The maximum absolute atomic E-state index is 6.00. The Balaban J connectivity index is 2.23. The number of aromatic nitrogens is 2. The Hall–Kier alpha value is -1.87. The lowest BCUT2D eigenvalue weighted by molar-refractivity contribution is 0.628. The lowest BCUT2D eigenvalue weighted by Crippen LogP contribution is -1.83. The summed E-state index contributed by atoms with van der Waals surface area (Å²) < 4.78 is 5.66. The molecule has 0 amide bonds. The van der Waals surface area contributed by atoms with Gasteiger partial charge in [-0.05, 0) is 12.1 Å². The van der Waals surface area contributed by atoms with Gasteiger partial charge in [0.1, 0.15) is 17.6 Å². The third-order valence-corrected chi connectivity index (χ3v) is 2.60. The van der Waals surface area contributed by atoms with Gasteiger partial charge in [-0.1, -0.05) is 29.8 Å². The molecule has 16 heavy (non-hydrogen) atoms. The summed E-state index contributed by atoms with van der Waals surface area (Å²) in [5.74, 6) is 0.661. The number of para-hydroxylation sites is 1. The molecule has 0 unspecified atom stereocenters. The highest BCUT2D eigenvalue weighted by Crippen LogP contribution is 2.29. The molecule has 0 saturated carbocycles. The first-order valence-corrected chi connectivity index (χ1v) is 5.17. The van der Waals surface area contributed by atoms with Crippen molar-refractivity contribution in [2.75, 3.05) is 0 Å². The van der Waals surface area contributed by atoms with Crippen LogP contribution in [0.5, 0.6) is 0 Å². The van der Waals surface area contributed by atoms with Crippen molar-refractivity contribution in [3.05, 3.63) is 47.9 Å². The highest BCUT2D eigenvalue weighted by atomic mass is 35.5. The Morgan fingerprint density at radius 2 is 2.06 bits per heavy atom. The summed E-state index contributed by atoms with van der Waals surface area (Å²) in [4.78, 5) is 7.95. The first kappa shape index (κ1) is 9.36. The molecule has 2 heterocycles. The van der Waals surface area contributed by atoms with Crippen LogP contribution in [-0.4, -0.2) is 9.97 Å². The van der Waals surface area contributed by atoms with Crippen molar-refractivity contribution in [2.24, 2.45) is 0 Å². The van der Waals surface area contributed by atoms with Crippen LogP contribution in [0.3, 0.4) is 0 Å². The lowest BCUT2D eigenvalue weighted by Gasteiger charge is -1.96. The molecule has 0 atom stereocenters. The summed E-state index contributed by atoms with van der Waals surface area (Å²) in [6.45, 7) is 0. The van der Waals surface area contributed by atoms with Gasteiger partial charge < -0.3 is 4.42 Å². The Bertz CT molecular complexity index is 615. The molecule has 0 radical (unpaired) electrons. The highest BCUT2D eigenvalue weighted by Gasteiger charge is 2.10.